The molecule has 0 aliphatic heterocycles. The molecular formula is C18H22FNO3S. The Hall–Kier alpha value is -1.76. The molecule has 2 aromatic rings. The van der Waals surface area contributed by atoms with Crippen LogP contribution in [0.1, 0.15) is 12.5 Å². The predicted octanol–water partition coefficient (Wildman–Crippen LogP) is 4.43. The zero-order valence-electron chi connectivity index (χ0n) is 14.1. The van der Waals surface area contributed by atoms with E-state index < -0.39 is 5.82 Å². The maximum atomic E-state index is 14.3. The Balaban J connectivity index is 2.07. The van der Waals surface area contributed by atoms with Gasteiger partial charge in [0.15, 0.2) is 23.1 Å². The van der Waals surface area contributed by atoms with Gasteiger partial charge in [0.05, 0.1) is 13.7 Å². The predicted molar refractivity (Wildman–Crippen MR) is 94.6 cm³/mol. The van der Waals surface area contributed by atoms with Crippen LogP contribution < -0.4 is 14.2 Å². The van der Waals surface area contributed by atoms with Gasteiger partial charge in [0.2, 0.25) is 0 Å². The van der Waals surface area contributed by atoms with E-state index in [0.29, 0.717) is 24.7 Å². The highest BCUT2D eigenvalue weighted by atomic mass is 32.2. The van der Waals surface area contributed by atoms with Crippen LogP contribution in [0.2, 0.25) is 0 Å². The zero-order chi connectivity index (χ0) is 17.4. The summed E-state index contributed by atoms with van der Waals surface area (Å²) in [7, 11) is 3.21. The second-order valence-electron chi connectivity index (χ2n) is 5.02. The van der Waals surface area contributed by atoms with Crippen molar-refractivity contribution in [2.45, 2.75) is 18.2 Å². The molecule has 0 atom stereocenters. The third kappa shape index (κ3) is 5.12. The normalized spacial score (nSPS) is 10.7. The Morgan fingerprint density at radius 3 is 2.50 bits per heavy atom. The number of halogens is 1. The summed E-state index contributed by atoms with van der Waals surface area (Å²) in [5, 5.41) is 0. The van der Waals surface area contributed by atoms with Crippen LogP contribution in [-0.2, 0) is 11.2 Å². The second kappa shape index (κ2) is 9.52. The maximum Gasteiger partial charge on any atom is 0.169 e. The van der Waals surface area contributed by atoms with Crippen molar-refractivity contribution in [3.05, 3.63) is 47.8 Å². The summed E-state index contributed by atoms with van der Waals surface area (Å²) >= 11 is 1.35. The average molecular weight is 351 g/mol. The molecule has 0 saturated carbocycles. The van der Waals surface area contributed by atoms with Crippen LogP contribution in [0.4, 0.5) is 4.39 Å². The van der Waals surface area contributed by atoms with Gasteiger partial charge in [-0.25, -0.2) is 4.39 Å². The summed E-state index contributed by atoms with van der Waals surface area (Å²) in [5.74, 6) is 0.828. The molecule has 2 aromatic carbocycles. The van der Waals surface area contributed by atoms with E-state index in [1.54, 1.807) is 32.4 Å². The van der Waals surface area contributed by atoms with Crippen molar-refractivity contribution in [3.63, 3.8) is 0 Å². The highest BCUT2D eigenvalue weighted by molar-refractivity contribution is 7.97. The number of hydrogen-bond donors (Lipinski definition) is 1. The Morgan fingerprint density at radius 1 is 1.04 bits per heavy atom. The van der Waals surface area contributed by atoms with Crippen LogP contribution in [0.5, 0.6) is 17.2 Å². The van der Waals surface area contributed by atoms with Gasteiger partial charge < -0.3 is 14.2 Å². The molecule has 0 aliphatic carbocycles. The molecule has 0 amide bonds. The van der Waals surface area contributed by atoms with E-state index in [1.165, 1.54) is 18.0 Å². The van der Waals surface area contributed by atoms with E-state index in [9.17, 15) is 4.39 Å². The second-order valence-corrected chi connectivity index (χ2v) is 5.99. The van der Waals surface area contributed by atoms with Crippen LogP contribution in [0, 0.1) is 5.82 Å². The minimum atomic E-state index is -0.421. The molecule has 0 aromatic heterocycles. The summed E-state index contributed by atoms with van der Waals surface area (Å²) in [6, 6.07) is 10.5. The minimum absolute atomic E-state index is 0.166. The van der Waals surface area contributed by atoms with Gasteiger partial charge in [0, 0.05) is 18.6 Å². The molecule has 0 fully saturated rings. The first kappa shape index (κ1) is 18.6. The molecule has 0 heterocycles. The standard InChI is InChI=1S/C18H22FNO3S/c1-4-13-5-7-17(18(11-13)22-3)23-16-8-6-14(12-15(16)19)24-20-9-10-21-2/h5-8,11-12,20H,4,9-10H2,1-3H3. The monoisotopic (exact) mass is 351 g/mol. The van der Waals surface area contributed by atoms with E-state index in [2.05, 4.69) is 11.6 Å². The average Bonchev–Trinajstić information content (AvgIpc) is 2.61. The van der Waals surface area contributed by atoms with Gasteiger partial charge in [0.25, 0.3) is 0 Å². The molecule has 2 rings (SSSR count). The van der Waals surface area contributed by atoms with Crippen molar-refractivity contribution in [1.82, 2.24) is 4.72 Å². The van der Waals surface area contributed by atoms with Crippen molar-refractivity contribution in [1.29, 1.82) is 0 Å². The molecule has 0 radical (unpaired) electrons. The lowest BCUT2D eigenvalue weighted by Gasteiger charge is -2.12. The summed E-state index contributed by atoms with van der Waals surface area (Å²) in [5.41, 5.74) is 1.13. The first-order valence-electron chi connectivity index (χ1n) is 7.71. The number of nitrogens with one attached hydrogen (secondary N) is 1. The van der Waals surface area contributed by atoms with E-state index >= 15 is 0 Å². The zero-order valence-corrected chi connectivity index (χ0v) is 14.9. The van der Waals surface area contributed by atoms with Gasteiger partial charge in [-0.3, -0.25) is 4.72 Å². The van der Waals surface area contributed by atoms with Gasteiger partial charge in [-0.15, -0.1) is 0 Å². The fourth-order valence-corrected chi connectivity index (χ4v) is 2.69. The molecular weight excluding hydrogens is 329 g/mol. The summed E-state index contributed by atoms with van der Waals surface area (Å²) in [4.78, 5) is 0.768. The number of benzene rings is 2. The first-order valence-corrected chi connectivity index (χ1v) is 8.52. The smallest absolute Gasteiger partial charge is 0.169 e. The Bertz CT molecular complexity index is 667. The van der Waals surface area contributed by atoms with E-state index in [4.69, 9.17) is 14.2 Å². The van der Waals surface area contributed by atoms with Crippen molar-refractivity contribution in [2.75, 3.05) is 27.4 Å². The largest absolute Gasteiger partial charge is 0.493 e. The summed E-state index contributed by atoms with van der Waals surface area (Å²) in [6.07, 6.45) is 0.896. The van der Waals surface area contributed by atoms with E-state index in [0.717, 1.165) is 16.9 Å². The molecule has 0 unspecified atom stereocenters. The Labute approximate surface area is 146 Å². The van der Waals surface area contributed by atoms with Crippen molar-refractivity contribution >= 4 is 11.9 Å². The van der Waals surface area contributed by atoms with Crippen molar-refractivity contribution < 1.29 is 18.6 Å². The highest BCUT2D eigenvalue weighted by Crippen LogP contribution is 2.34. The van der Waals surface area contributed by atoms with Crippen molar-refractivity contribution in [2.24, 2.45) is 0 Å². The van der Waals surface area contributed by atoms with Gasteiger partial charge in [-0.2, -0.15) is 0 Å². The molecule has 0 saturated heterocycles. The van der Waals surface area contributed by atoms with Crippen LogP contribution in [0.25, 0.3) is 0 Å². The SMILES string of the molecule is CCc1ccc(Oc2ccc(SNCCOC)cc2F)c(OC)c1. The van der Waals surface area contributed by atoms with Crippen LogP contribution in [0.3, 0.4) is 0 Å². The topological polar surface area (TPSA) is 39.7 Å². The van der Waals surface area contributed by atoms with Gasteiger partial charge in [0.1, 0.15) is 0 Å². The third-order valence-electron chi connectivity index (χ3n) is 3.36. The number of aryl methyl sites for hydroxylation is 1. The van der Waals surface area contributed by atoms with E-state index in [1.807, 2.05) is 12.1 Å². The molecule has 24 heavy (non-hydrogen) atoms. The maximum absolute atomic E-state index is 14.3. The highest BCUT2D eigenvalue weighted by Gasteiger charge is 2.11. The molecule has 4 nitrogen and oxygen atoms in total. The number of rotatable bonds is 9. The molecule has 0 aliphatic rings. The molecule has 0 spiro atoms. The fraction of sp³-hybridized carbons (Fsp3) is 0.333. The Kier molecular flexibility index (Phi) is 7.36. The summed E-state index contributed by atoms with van der Waals surface area (Å²) in [6.45, 7) is 3.35. The molecule has 0 bridgehead atoms. The van der Waals surface area contributed by atoms with Gasteiger partial charge in [-0.1, -0.05) is 13.0 Å². The van der Waals surface area contributed by atoms with Crippen LogP contribution >= 0.6 is 11.9 Å². The number of hydrogen-bond acceptors (Lipinski definition) is 5. The lowest BCUT2D eigenvalue weighted by atomic mass is 10.1. The molecule has 6 heteroatoms. The summed E-state index contributed by atoms with van der Waals surface area (Å²) < 4.78 is 33.3. The number of ether oxygens (including phenoxy) is 3. The molecule has 130 valence electrons. The first-order chi connectivity index (χ1) is 11.7. The number of methoxy groups -OCH3 is 2. The van der Waals surface area contributed by atoms with Gasteiger partial charge in [-0.05, 0) is 54.3 Å². The fourth-order valence-electron chi connectivity index (χ4n) is 2.04. The lowest BCUT2D eigenvalue weighted by molar-refractivity contribution is 0.205. The molecule has 1 N–H and O–H groups in total. The van der Waals surface area contributed by atoms with E-state index in [-0.39, 0.29) is 5.75 Å². The van der Waals surface area contributed by atoms with Crippen molar-refractivity contribution in [3.8, 4) is 17.2 Å². The van der Waals surface area contributed by atoms with Crippen LogP contribution in [-0.4, -0.2) is 27.4 Å². The Morgan fingerprint density at radius 2 is 1.83 bits per heavy atom. The lowest BCUT2D eigenvalue weighted by Crippen LogP contribution is -2.10. The quantitative estimate of drug-likeness (QED) is 0.534. The van der Waals surface area contributed by atoms with Gasteiger partial charge >= 0.3 is 0 Å². The minimum Gasteiger partial charge on any atom is -0.493 e. The van der Waals surface area contributed by atoms with Crippen LogP contribution in [0.15, 0.2) is 41.3 Å². The third-order valence-corrected chi connectivity index (χ3v) is 4.20.